The molecule has 1 amide bonds. The summed E-state index contributed by atoms with van der Waals surface area (Å²) < 4.78 is 5.40. The molecule has 198 valence electrons. The summed E-state index contributed by atoms with van der Waals surface area (Å²) in [7, 11) is 1.81. The van der Waals surface area contributed by atoms with Gasteiger partial charge in [-0.1, -0.05) is 47.5 Å². The van der Waals surface area contributed by atoms with E-state index in [9.17, 15) is 14.7 Å². The third-order valence-electron chi connectivity index (χ3n) is 7.96. The molecule has 1 aliphatic heterocycles. The largest absolute Gasteiger partial charge is 0.427 e. The minimum absolute atomic E-state index is 0.0244. The average molecular weight is 546 g/mol. The van der Waals surface area contributed by atoms with Crippen molar-refractivity contribution in [2.45, 2.75) is 50.2 Å². The Bertz CT molecular complexity index is 1170. The molecular weight excluding hydrogens is 511 g/mol. The zero-order valence-corrected chi connectivity index (χ0v) is 22.8. The number of halogens is 2. The summed E-state index contributed by atoms with van der Waals surface area (Å²) in [5.74, 6) is 0.0547. The average Bonchev–Trinajstić information content (AvgIpc) is 2.86. The van der Waals surface area contributed by atoms with Crippen LogP contribution < -0.4 is 4.74 Å². The van der Waals surface area contributed by atoms with Crippen molar-refractivity contribution in [2.75, 3.05) is 26.7 Å². The Labute approximate surface area is 228 Å². The molecule has 2 aromatic rings. The van der Waals surface area contributed by atoms with Gasteiger partial charge >= 0.3 is 5.97 Å². The van der Waals surface area contributed by atoms with Gasteiger partial charge in [0.25, 0.3) is 0 Å². The Morgan fingerprint density at radius 1 is 1.24 bits per heavy atom. The van der Waals surface area contributed by atoms with Gasteiger partial charge in [-0.15, -0.1) is 6.58 Å². The van der Waals surface area contributed by atoms with Crippen LogP contribution in [0.25, 0.3) is 0 Å². The zero-order valence-electron chi connectivity index (χ0n) is 21.3. The highest BCUT2D eigenvalue weighted by atomic mass is 35.5. The number of carbonyl (C=O) groups excluding carboxylic acids is 2. The number of aliphatic hydroxyl groups excluding tert-OH is 1. The minimum Gasteiger partial charge on any atom is -0.427 e. The Kier molecular flexibility index (Phi) is 8.64. The quantitative estimate of drug-likeness (QED) is 0.305. The number of aliphatic hydroxyl groups is 1. The maximum Gasteiger partial charge on any atom is 0.308 e. The molecule has 1 aliphatic carbocycles. The Morgan fingerprint density at radius 2 is 2.03 bits per heavy atom. The van der Waals surface area contributed by atoms with Crippen molar-refractivity contribution in [3.8, 4) is 5.75 Å². The second-order valence-corrected chi connectivity index (χ2v) is 11.1. The highest BCUT2D eigenvalue weighted by molar-refractivity contribution is 6.42. The van der Waals surface area contributed by atoms with Gasteiger partial charge in [0, 0.05) is 44.4 Å². The van der Waals surface area contributed by atoms with Crippen molar-refractivity contribution in [1.29, 1.82) is 0 Å². The summed E-state index contributed by atoms with van der Waals surface area (Å²) in [5, 5.41) is 12.4. The molecule has 8 heteroatoms. The van der Waals surface area contributed by atoms with Crippen LogP contribution in [0.1, 0.15) is 37.3 Å². The summed E-state index contributed by atoms with van der Waals surface area (Å²) >= 11 is 12.2. The second-order valence-electron chi connectivity index (χ2n) is 10.3. The van der Waals surface area contributed by atoms with Gasteiger partial charge in [0.15, 0.2) is 0 Å². The molecule has 0 bridgehead atoms. The number of fused-ring (bicyclic) bond motifs is 1. The number of hydrogen-bond acceptors (Lipinski definition) is 5. The van der Waals surface area contributed by atoms with E-state index in [1.807, 2.05) is 31.3 Å². The van der Waals surface area contributed by atoms with Gasteiger partial charge in [0.2, 0.25) is 5.91 Å². The normalized spacial score (nSPS) is 25.7. The van der Waals surface area contributed by atoms with E-state index in [-0.39, 0.29) is 35.7 Å². The molecule has 2 aromatic carbocycles. The van der Waals surface area contributed by atoms with Crippen LogP contribution in [0, 0.1) is 5.92 Å². The molecule has 0 aromatic heterocycles. The molecule has 0 spiro atoms. The molecule has 6 nitrogen and oxygen atoms in total. The molecule has 37 heavy (non-hydrogen) atoms. The number of hydrogen-bond donors (Lipinski definition) is 1. The maximum atomic E-state index is 13.3. The predicted octanol–water partition coefficient (Wildman–Crippen LogP) is 4.89. The van der Waals surface area contributed by atoms with Gasteiger partial charge in [0.1, 0.15) is 5.75 Å². The van der Waals surface area contributed by atoms with Crippen molar-refractivity contribution in [1.82, 2.24) is 9.80 Å². The lowest BCUT2D eigenvalue weighted by molar-refractivity contribution is -0.136. The van der Waals surface area contributed by atoms with Crippen LogP contribution in [0.3, 0.4) is 0 Å². The Morgan fingerprint density at radius 3 is 2.73 bits per heavy atom. The van der Waals surface area contributed by atoms with Gasteiger partial charge < -0.3 is 14.7 Å². The number of piperidine rings is 1. The first-order valence-electron chi connectivity index (χ1n) is 12.6. The number of rotatable bonds is 7. The third-order valence-corrected chi connectivity index (χ3v) is 8.69. The van der Waals surface area contributed by atoms with E-state index < -0.39 is 6.10 Å². The SMILES string of the molecule is C=CCN1CC[C@@]2(c3cccc(OC(C)=O)c3)C[C@@H](N(C)C(=O)Cc3ccc(Cl)c(Cl)c3)CC(O)[C@@H]2C1. The lowest BCUT2D eigenvalue weighted by Gasteiger charge is -2.56. The van der Waals surface area contributed by atoms with Crippen molar-refractivity contribution >= 4 is 35.1 Å². The van der Waals surface area contributed by atoms with Crippen molar-refractivity contribution in [2.24, 2.45) is 5.92 Å². The highest BCUT2D eigenvalue weighted by Crippen LogP contribution is 2.50. The predicted molar refractivity (Wildman–Crippen MR) is 146 cm³/mol. The molecule has 1 saturated heterocycles. The summed E-state index contributed by atoms with van der Waals surface area (Å²) in [6.45, 7) is 7.61. The number of esters is 1. The van der Waals surface area contributed by atoms with E-state index in [2.05, 4.69) is 17.5 Å². The number of carbonyl (C=O) groups is 2. The smallest absolute Gasteiger partial charge is 0.308 e. The van der Waals surface area contributed by atoms with Gasteiger partial charge in [-0.2, -0.15) is 0 Å². The number of likely N-dealkylation sites (tertiary alicyclic amines) is 1. The Balaban J connectivity index is 1.63. The van der Waals surface area contributed by atoms with Crippen LogP contribution in [-0.4, -0.2) is 65.6 Å². The van der Waals surface area contributed by atoms with E-state index in [4.69, 9.17) is 27.9 Å². The first-order valence-corrected chi connectivity index (χ1v) is 13.4. The molecule has 2 aliphatic rings. The molecule has 4 rings (SSSR count). The van der Waals surface area contributed by atoms with E-state index >= 15 is 0 Å². The molecular formula is C29H34Cl2N2O4. The molecule has 2 fully saturated rings. The topological polar surface area (TPSA) is 70.1 Å². The van der Waals surface area contributed by atoms with Crippen LogP contribution in [0.4, 0.5) is 0 Å². The van der Waals surface area contributed by atoms with Gasteiger partial charge in [-0.05, 0) is 61.2 Å². The number of benzene rings is 2. The first kappa shape index (κ1) is 27.6. The summed E-state index contributed by atoms with van der Waals surface area (Å²) in [5.41, 5.74) is 1.46. The summed E-state index contributed by atoms with van der Waals surface area (Å²) in [6.07, 6.45) is 3.53. The number of nitrogens with zero attached hydrogens (tertiary/aromatic N) is 2. The van der Waals surface area contributed by atoms with E-state index in [0.29, 0.717) is 28.6 Å². The summed E-state index contributed by atoms with van der Waals surface area (Å²) in [6, 6.07) is 12.7. The molecule has 1 saturated carbocycles. The van der Waals surface area contributed by atoms with E-state index in [0.717, 1.165) is 37.2 Å². The van der Waals surface area contributed by atoms with Gasteiger partial charge in [0.05, 0.1) is 22.6 Å². The Hall–Kier alpha value is -2.38. The molecule has 1 heterocycles. The van der Waals surface area contributed by atoms with Crippen LogP contribution in [-0.2, 0) is 21.4 Å². The van der Waals surface area contributed by atoms with Gasteiger partial charge in [-0.3, -0.25) is 14.5 Å². The van der Waals surface area contributed by atoms with Crippen molar-refractivity contribution in [3.05, 3.63) is 76.3 Å². The number of likely N-dealkylation sites (N-methyl/N-ethyl adjacent to an activating group) is 1. The van der Waals surface area contributed by atoms with E-state index in [1.54, 1.807) is 23.1 Å². The van der Waals surface area contributed by atoms with Crippen LogP contribution >= 0.6 is 23.2 Å². The lowest BCUT2D eigenvalue weighted by Crippen LogP contribution is -2.61. The van der Waals surface area contributed by atoms with E-state index in [1.165, 1.54) is 6.92 Å². The van der Waals surface area contributed by atoms with Gasteiger partial charge in [-0.25, -0.2) is 0 Å². The fourth-order valence-electron chi connectivity index (χ4n) is 6.08. The third kappa shape index (κ3) is 6.04. The van der Waals surface area contributed by atoms with Crippen molar-refractivity contribution < 1.29 is 19.4 Å². The number of ether oxygens (including phenoxy) is 1. The maximum absolute atomic E-state index is 13.3. The molecule has 1 N–H and O–H groups in total. The fraction of sp³-hybridized carbons (Fsp3) is 0.448. The number of amides is 1. The lowest BCUT2D eigenvalue weighted by atomic mass is 9.56. The zero-order chi connectivity index (χ0) is 26.7. The highest BCUT2D eigenvalue weighted by Gasteiger charge is 2.52. The molecule has 0 radical (unpaired) electrons. The molecule has 1 unspecified atom stereocenters. The summed E-state index contributed by atoms with van der Waals surface area (Å²) in [4.78, 5) is 29.0. The first-order chi connectivity index (χ1) is 17.6. The fourth-order valence-corrected chi connectivity index (χ4v) is 6.41. The minimum atomic E-state index is -0.594. The van der Waals surface area contributed by atoms with Crippen molar-refractivity contribution in [3.63, 3.8) is 0 Å². The monoisotopic (exact) mass is 544 g/mol. The standard InChI is InChI=1S/C29H34Cl2N2O4/c1-4-11-33-12-10-29(21-6-5-7-23(15-21)37-19(2)34)17-22(16-27(35)24(29)18-33)32(3)28(36)14-20-8-9-25(30)26(31)13-20/h4-9,13,15,22,24,27,35H,1,10-12,14,16-18H2,2-3H3/t22-,24-,27?,29-/m0/s1. The second kappa shape index (κ2) is 11.6. The van der Waals surface area contributed by atoms with Crippen LogP contribution in [0.15, 0.2) is 55.1 Å². The van der Waals surface area contributed by atoms with Crippen LogP contribution in [0.5, 0.6) is 5.75 Å². The van der Waals surface area contributed by atoms with Crippen LogP contribution in [0.2, 0.25) is 10.0 Å². The molecule has 4 atom stereocenters.